The molecule has 1 unspecified atom stereocenters. The molecule has 0 heterocycles. The number of benzene rings is 3. The summed E-state index contributed by atoms with van der Waals surface area (Å²) in [5, 5.41) is 3.73. The largest absolute Gasteiger partial charge is 0.351 e. The molecule has 0 bridgehead atoms. The van der Waals surface area contributed by atoms with Gasteiger partial charge in [-0.05, 0) is 62.6 Å². The SMILES string of the molecule is Cc1ccc(C(=O)/C=C/C(=O)N(c2ccc(C)cc2)C(C(=O)NC2CCCCC2)c2ccc(Cl)cc2)cc1. The van der Waals surface area contributed by atoms with Gasteiger partial charge < -0.3 is 5.32 Å². The van der Waals surface area contributed by atoms with Gasteiger partial charge in [-0.1, -0.05) is 90.5 Å². The summed E-state index contributed by atoms with van der Waals surface area (Å²) in [6.07, 6.45) is 7.67. The first-order valence-electron chi connectivity index (χ1n) is 13.1. The highest BCUT2D eigenvalue weighted by atomic mass is 35.5. The minimum atomic E-state index is -0.941. The van der Waals surface area contributed by atoms with E-state index in [1.54, 1.807) is 36.4 Å². The van der Waals surface area contributed by atoms with Crippen molar-refractivity contribution in [1.82, 2.24) is 5.32 Å². The number of hydrogen-bond acceptors (Lipinski definition) is 3. The smallest absolute Gasteiger partial charge is 0.252 e. The molecular weight excluding hydrogens is 496 g/mol. The monoisotopic (exact) mass is 528 g/mol. The Morgan fingerprint density at radius 2 is 1.39 bits per heavy atom. The van der Waals surface area contributed by atoms with E-state index >= 15 is 0 Å². The minimum Gasteiger partial charge on any atom is -0.351 e. The van der Waals surface area contributed by atoms with E-state index in [0.29, 0.717) is 21.8 Å². The molecule has 196 valence electrons. The average Bonchev–Trinajstić information content (AvgIpc) is 2.92. The van der Waals surface area contributed by atoms with Crippen molar-refractivity contribution < 1.29 is 14.4 Å². The van der Waals surface area contributed by atoms with Crippen molar-refractivity contribution in [3.05, 3.63) is 112 Å². The molecule has 1 N–H and O–H groups in total. The lowest BCUT2D eigenvalue weighted by Crippen LogP contribution is -2.47. The second-order valence-corrected chi connectivity index (χ2v) is 10.3. The van der Waals surface area contributed by atoms with E-state index in [2.05, 4.69) is 5.32 Å². The van der Waals surface area contributed by atoms with Crippen LogP contribution in [-0.4, -0.2) is 23.6 Å². The van der Waals surface area contributed by atoms with Crippen molar-refractivity contribution in [1.29, 1.82) is 0 Å². The maximum Gasteiger partial charge on any atom is 0.252 e. The zero-order valence-electron chi connectivity index (χ0n) is 21.8. The third-order valence-corrected chi connectivity index (χ3v) is 7.16. The molecule has 38 heavy (non-hydrogen) atoms. The third-order valence-electron chi connectivity index (χ3n) is 6.91. The van der Waals surface area contributed by atoms with Gasteiger partial charge in [-0.15, -0.1) is 0 Å². The summed E-state index contributed by atoms with van der Waals surface area (Å²) in [6, 6.07) is 20.7. The van der Waals surface area contributed by atoms with Crippen molar-refractivity contribution in [3.63, 3.8) is 0 Å². The fourth-order valence-electron chi connectivity index (χ4n) is 4.74. The van der Waals surface area contributed by atoms with E-state index in [-0.39, 0.29) is 17.7 Å². The van der Waals surface area contributed by atoms with E-state index in [0.717, 1.165) is 36.8 Å². The molecule has 1 fully saturated rings. The highest BCUT2D eigenvalue weighted by molar-refractivity contribution is 6.30. The molecule has 0 spiro atoms. The molecule has 2 amide bonds. The molecule has 3 aromatic carbocycles. The van der Waals surface area contributed by atoms with Crippen LogP contribution in [0.25, 0.3) is 0 Å². The Hall–Kier alpha value is -3.70. The maximum absolute atomic E-state index is 13.8. The molecule has 3 aromatic rings. The van der Waals surface area contributed by atoms with E-state index < -0.39 is 11.9 Å². The zero-order chi connectivity index (χ0) is 27.1. The summed E-state index contributed by atoms with van der Waals surface area (Å²) in [4.78, 5) is 41.9. The molecular formula is C32H33ClN2O3. The first kappa shape index (κ1) is 27.3. The molecule has 0 aliphatic heterocycles. The van der Waals surface area contributed by atoms with Crippen LogP contribution in [0.1, 0.15) is 65.2 Å². The van der Waals surface area contributed by atoms with E-state index in [1.807, 2.05) is 50.2 Å². The van der Waals surface area contributed by atoms with Crippen LogP contribution in [-0.2, 0) is 9.59 Å². The number of anilines is 1. The second-order valence-electron chi connectivity index (χ2n) is 9.91. The third kappa shape index (κ3) is 6.99. The number of aryl methyl sites for hydroxylation is 2. The Labute approximate surface area is 229 Å². The van der Waals surface area contributed by atoms with Gasteiger partial charge in [-0.2, -0.15) is 0 Å². The Balaban J connectivity index is 1.71. The van der Waals surface area contributed by atoms with Crippen LogP contribution < -0.4 is 10.2 Å². The number of amides is 2. The van der Waals surface area contributed by atoms with Crippen molar-refractivity contribution in [2.45, 2.75) is 58.0 Å². The summed E-state index contributed by atoms with van der Waals surface area (Å²) in [7, 11) is 0. The Kier molecular flexibility index (Phi) is 9.14. The first-order valence-corrected chi connectivity index (χ1v) is 13.4. The zero-order valence-corrected chi connectivity index (χ0v) is 22.6. The fourth-order valence-corrected chi connectivity index (χ4v) is 4.87. The van der Waals surface area contributed by atoms with Gasteiger partial charge in [0.25, 0.3) is 5.91 Å². The summed E-state index contributed by atoms with van der Waals surface area (Å²) in [5.74, 6) is -1.00. The van der Waals surface area contributed by atoms with E-state index in [1.165, 1.54) is 23.5 Å². The first-order chi connectivity index (χ1) is 18.3. The predicted molar refractivity (Wildman–Crippen MR) is 153 cm³/mol. The topological polar surface area (TPSA) is 66.5 Å². The van der Waals surface area contributed by atoms with Gasteiger partial charge >= 0.3 is 0 Å². The molecule has 1 aliphatic rings. The average molecular weight is 529 g/mol. The van der Waals surface area contributed by atoms with Crippen LogP contribution in [0.15, 0.2) is 84.9 Å². The fraction of sp³-hybridized carbons (Fsp3) is 0.281. The Bertz CT molecular complexity index is 1290. The lowest BCUT2D eigenvalue weighted by Gasteiger charge is -2.33. The van der Waals surface area contributed by atoms with Crippen molar-refractivity contribution in [3.8, 4) is 0 Å². The Morgan fingerprint density at radius 3 is 2.00 bits per heavy atom. The number of carbonyl (C=O) groups excluding carboxylic acids is 3. The highest BCUT2D eigenvalue weighted by Gasteiger charge is 2.33. The maximum atomic E-state index is 13.8. The van der Waals surface area contributed by atoms with Gasteiger partial charge in [0.05, 0.1) is 0 Å². The van der Waals surface area contributed by atoms with E-state index in [9.17, 15) is 14.4 Å². The number of hydrogen-bond donors (Lipinski definition) is 1. The van der Waals surface area contributed by atoms with Gasteiger partial charge in [0.15, 0.2) is 5.78 Å². The van der Waals surface area contributed by atoms with Gasteiger partial charge in [-0.25, -0.2) is 0 Å². The van der Waals surface area contributed by atoms with Crippen molar-refractivity contribution in [2.75, 3.05) is 4.90 Å². The number of ketones is 1. The number of carbonyl (C=O) groups is 3. The van der Waals surface area contributed by atoms with Crippen LogP contribution in [0, 0.1) is 13.8 Å². The molecule has 0 radical (unpaired) electrons. The summed E-state index contributed by atoms with van der Waals surface area (Å²) < 4.78 is 0. The van der Waals surface area contributed by atoms with Gasteiger partial charge in [0.1, 0.15) is 6.04 Å². The standard InChI is InChI=1S/C32H33ClN2O3/c1-22-8-12-24(13-9-22)29(36)20-21-30(37)35(28-18-10-23(2)11-19-28)31(25-14-16-26(33)17-15-25)32(38)34-27-6-4-3-5-7-27/h8-21,27,31H,3-7H2,1-2H3,(H,34,38)/b21-20+. The van der Waals surface area contributed by atoms with Crippen LogP contribution in [0.2, 0.25) is 5.02 Å². The summed E-state index contributed by atoms with van der Waals surface area (Å²) >= 11 is 6.15. The molecule has 0 saturated heterocycles. The second kappa shape index (κ2) is 12.7. The molecule has 6 heteroatoms. The van der Waals surface area contributed by atoms with Gasteiger partial charge in [0.2, 0.25) is 5.91 Å². The van der Waals surface area contributed by atoms with Crippen molar-refractivity contribution in [2.24, 2.45) is 0 Å². The van der Waals surface area contributed by atoms with Gasteiger partial charge in [-0.3, -0.25) is 19.3 Å². The molecule has 4 rings (SSSR count). The lowest BCUT2D eigenvalue weighted by atomic mass is 9.94. The van der Waals surface area contributed by atoms with Crippen LogP contribution in [0.4, 0.5) is 5.69 Å². The molecule has 1 saturated carbocycles. The molecule has 1 atom stereocenters. The Morgan fingerprint density at radius 1 is 0.816 bits per heavy atom. The summed E-state index contributed by atoms with van der Waals surface area (Å²) in [5.41, 5.74) is 3.76. The lowest BCUT2D eigenvalue weighted by molar-refractivity contribution is -0.126. The molecule has 1 aliphatic carbocycles. The molecule has 5 nitrogen and oxygen atoms in total. The normalized spacial score (nSPS) is 14.7. The highest BCUT2D eigenvalue weighted by Crippen LogP contribution is 2.30. The quantitative estimate of drug-likeness (QED) is 0.255. The number of allylic oxidation sites excluding steroid dienone is 1. The van der Waals surface area contributed by atoms with E-state index in [4.69, 9.17) is 11.6 Å². The number of halogens is 1. The van der Waals surface area contributed by atoms with Crippen LogP contribution in [0.3, 0.4) is 0 Å². The number of nitrogens with one attached hydrogen (secondary N) is 1. The summed E-state index contributed by atoms with van der Waals surface area (Å²) in [6.45, 7) is 3.91. The van der Waals surface area contributed by atoms with Crippen molar-refractivity contribution >= 4 is 34.9 Å². The molecule has 0 aromatic heterocycles. The number of nitrogens with zero attached hydrogens (tertiary/aromatic N) is 1. The van der Waals surface area contributed by atoms with Crippen LogP contribution in [0.5, 0.6) is 0 Å². The predicted octanol–water partition coefficient (Wildman–Crippen LogP) is 6.92. The van der Waals surface area contributed by atoms with Crippen LogP contribution >= 0.6 is 11.6 Å². The minimum absolute atomic E-state index is 0.0691. The number of rotatable bonds is 8. The van der Waals surface area contributed by atoms with Gasteiger partial charge in [0, 0.05) is 28.4 Å².